The molecule has 17 heavy (non-hydrogen) atoms. The van der Waals surface area contributed by atoms with Gasteiger partial charge in [-0.3, -0.25) is 0 Å². The van der Waals surface area contributed by atoms with Crippen LogP contribution in [0, 0.1) is 0 Å². The SMILES string of the molecule is COB(O)C(C)NS(=O)(=O)Cc1ccccc1. The molecule has 1 aromatic carbocycles. The molecule has 0 radical (unpaired) electrons. The first-order valence-corrected chi connectivity index (χ1v) is 6.84. The van der Waals surface area contributed by atoms with Gasteiger partial charge in [-0.2, -0.15) is 0 Å². The van der Waals surface area contributed by atoms with E-state index in [2.05, 4.69) is 9.38 Å². The fourth-order valence-corrected chi connectivity index (χ4v) is 2.78. The van der Waals surface area contributed by atoms with Crippen LogP contribution >= 0.6 is 0 Å². The summed E-state index contributed by atoms with van der Waals surface area (Å²) in [6.45, 7) is 1.54. The van der Waals surface area contributed by atoms with Crippen LogP contribution in [-0.4, -0.2) is 33.6 Å². The van der Waals surface area contributed by atoms with Gasteiger partial charge in [-0.15, -0.1) is 0 Å². The second-order valence-electron chi connectivity index (χ2n) is 3.78. The van der Waals surface area contributed by atoms with Crippen molar-refractivity contribution >= 4 is 17.1 Å². The second-order valence-corrected chi connectivity index (χ2v) is 5.53. The maximum Gasteiger partial charge on any atom is 0.473 e. The van der Waals surface area contributed by atoms with Gasteiger partial charge in [-0.25, -0.2) is 13.1 Å². The molecule has 0 saturated heterocycles. The Morgan fingerprint density at radius 1 is 1.41 bits per heavy atom. The van der Waals surface area contributed by atoms with Crippen molar-refractivity contribution in [3.8, 4) is 0 Å². The fraction of sp³-hybridized carbons (Fsp3) is 0.400. The minimum Gasteiger partial charge on any atom is -0.426 e. The highest BCUT2D eigenvalue weighted by Gasteiger charge is 2.25. The highest BCUT2D eigenvalue weighted by Crippen LogP contribution is 2.05. The first-order chi connectivity index (χ1) is 7.94. The zero-order valence-electron chi connectivity index (χ0n) is 9.83. The molecule has 0 aromatic heterocycles. The van der Waals surface area contributed by atoms with E-state index in [1.165, 1.54) is 14.0 Å². The molecular weight excluding hydrogens is 241 g/mol. The third-order valence-corrected chi connectivity index (χ3v) is 3.68. The van der Waals surface area contributed by atoms with E-state index in [1.54, 1.807) is 24.3 Å². The van der Waals surface area contributed by atoms with E-state index in [4.69, 9.17) is 0 Å². The molecular formula is C10H16BNO4S. The zero-order valence-corrected chi connectivity index (χ0v) is 10.6. The number of rotatable bonds is 6. The Bertz CT molecular complexity index is 437. The highest BCUT2D eigenvalue weighted by molar-refractivity contribution is 7.88. The number of sulfonamides is 1. The Hall–Kier alpha value is -0.885. The van der Waals surface area contributed by atoms with E-state index in [9.17, 15) is 13.4 Å². The molecule has 5 nitrogen and oxygen atoms in total. The highest BCUT2D eigenvalue weighted by atomic mass is 32.2. The van der Waals surface area contributed by atoms with Crippen LogP contribution in [-0.2, 0) is 20.4 Å². The van der Waals surface area contributed by atoms with Gasteiger partial charge < -0.3 is 9.68 Å². The number of benzene rings is 1. The molecule has 0 aliphatic rings. The summed E-state index contributed by atoms with van der Waals surface area (Å²) in [6, 6.07) is 8.84. The summed E-state index contributed by atoms with van der Waals surface area (Å²) in [5, 5.41) is 9.31. The lowest BCUT2D eigenvalue weighted by Crippen LogP contribution is -2.45. The molecule has 94 valence electrons. The molecule has 0 bridgehead atoms. The lowest BCUT2D eigenvalue weighted by molar-refractivity contribution is 0.312. The quantitative estimate of drug-likeness (QED) is 0.712. The zero-order chi connectivity index (χ0) is 12.9. The van der Waals surface area contributed by atoms with E-state index >= 15 is 0 Å². The molecule has 1 aromatic rings. The number of nitrogens with one attached hydrogen (secondary N) is 1. The van der Waals surface area contributed by atoms with Gasteiger partial charge in [0.05, 0.1) is 11.7 Å². The summed E-state index contributed by atoms with van der Waals surface area (Å²) in [6.07, 6.45) is 0. The molecule has 1 rings (SSSR count). The Morgan fingerprint density at radius 2 is 2.00 bits per heavy atom. The predicted molar refractivity (Wildman–Crippen MR) is 66.6 cm³/mol. The minimum atomic E-state index is -3.48. The van der Waals surface area contributed by atoms with Gasteiger partial charge >= 0.3 is 7.12 Å². The van der Waals surface area contributed by atoms with Crippen molar-refractivity contribution in [2.24, 2.45) is 0 Å². The van der Waals surface area contributed by atoms with Crippen LogP contribution in [0.15, 0.2) is 30.3 Å². The van der Waals surface area contributed by atoms with E-state index in [1.807, 2.05) is 6.07 Å². The van der Waals surface area contributed by atoms with E-state index < -0.39 is 23.1 Å². The summed E-state index contributed by atoms with van der Waals surface area (Å²) in [5.41, 5.74) is 0.694. The Labute approximate surface area is 102 Å². The maximum atomic E-state index is 11.8. The lowest BCUT2D eigenvalue weighted by Gasteiger charge is -2.15. The van der Waals surface area contributed by atoms with Gasteiger partial charge in [0.15, 0.2) is 0 Å². The Balaban J connectivity index is 2.64. The van der Waals surface area contributed by atoms with Gasteiger partial charge in [-0.1, -0.05) is 37.3 Å². The minimum absolute atomic E-state index is 0.116. The van der Waals surface area contributed by atoms with Gasteiger partial charge in [0.1, 0.15) is 0 Å². The van der Waals surface area contributed by atoms with Gasteiger partial charge in [0.2, 0.25) is 10.0 Å². The molecule has 0 saturated carbocycles. The molecule has 0 fully saturated rings. The summed E-state index contributed by atoms with van der Waals surface area (Å²) in [4.78, 5) is 0. The molecule has 7 heteroatoms. The average molecular weight is 257 g/mol. The fourth-order valence-electron chi connectivity index (χ4n) is 1.38. The predicted octanol–water partition coefficient (Wildman–Crippen LogP) is 0.161. The van der Waals surface area contributed by atoms with E-state index in [0.717, 1.165) is 0 Å². The first kappa shape index (κ1) is 14.2. The van der Waals surface area contributed by atoms with Crippen LogP contribution in [0.3, 0.4) is 0 Å². The van der Waals surface area contributed by atoms with Crippen molar-refractivity contribution in [1.82, 2.24) is 4.72 Å². The molecule has 1 atom stereocenters. The van der Waals surface area contributed by atoms with Crippen LogP contribution in [0.4, 0.5) is 0 Å². The number of hydrogen-bond donors (Lipinski definition) is 2. The van der Waals surface area contributed by atoms with Crippen LogP contribution < -0.4 is 4.72 Å². The standard InChI is InChI=1S/C10H16BNO4S/c1-9(11(13)16-2)12-17(14,15)8-10-6-4-3-5-7-10/h3-7,9,12-13H,8H2,1-2H3. The normalized spacial score (nSPS) is 13.4. The van der Waals surface area contributed by atoms with Crippen molar-refractivity contribution in [2.75, 3.05) is 7.11 Å². The van der Waals surface area contributed by atoms with E-state index in [0.29, 0.717) is 5.56 Å². The van der Waals surface area contributed by atoms with Crippen molar-refractivity contribution < 1.29 is 18.1 Å². The maximum absolute atomic E-state index is 11.8. The van der Waals surface area contributed by atoms with Gasteiger partial charge in [-0.05, 0) is 5.56 Å². The van der Waals surface area contributed by atoms with Crippen molar-refractivity contribution in [2.45, 2.75) is 18.6 Å². The third-order valence-electron chi connectivity index (χ3n) is 2.23. The summed E-state index contributed by atoms with van der Waals surface area (Å²) < 4.78 is 30.5. The second kappa shape index (κ2) is 6.16. The monoisotopic (exact) mass is 257 g/mol. The molecule has 0 heterocycles. The molecule has 2 N–H and O–H groups in total. The van der Waals surface area contributed by atoms with Crippen LogP contribution in [0.2, 0.25) is 0 Å². The van der Waals surface area contributed by atoms with Crippen molar-refractivity contribution in [3.05, 3.63) is 35.9 Å². The van der Waals surface area contributed by atoms with Crippen molar-refractivity contribution in [3.63, 3.8) is 0 Å². The van der Waals surface area contributed by atoms with E-state index in [-0.39, 0.29) is 5.75 Å². The summed E-state index contributed by atoms with van der Waals surface area (Å²) in [5.74, 6) is -0.803. The summed E-state index contributed by atoms with van der Waals surface area (Å²) in [7, 11) is -3.32. The van der Waals surface area contributed by atoms with Crippen molar-refractivity contribution in [1.29, 1.82) is 0 Å². The topological polar surface area (TPSA) is 75.6 Å². The van der Waals surface area contributed by atoms with Crippen LogP contribution in [0.25, 0.3) is 0 Å². The molecule has 0 amide bonds. The number of hydrogen-bond acceptors (Lipinski definition) is 4. The largest absolute Gasteiger partial charge is 0.473 e. The van der Waals surface area contributed by atoms with Crippen LogP contribution in [0.1, 0.15) is 12.5 Å². The molecule has 0 aliphatic heterocycles. The smallest absolute Gasteiger partial charge is 0.426 e. The Morgan fingerprint density at radius 3 is 2.53 bits per heavy atom. The summed E-state index contributed by atoms with van der Waals surface area (Å²) >= 11 is 0. The molecule has 0 aliphatic carbocycles. The lowest BCUT2D eigenvalue weighted by atomic mass is 9.81. The first-order valence-electron chi connectivity index (χ1n) is 5.19. The van der Waals surface area contributed by atoms with Gasteiger partial charge in [0, 0.05) is 7.11 Å². The Kier molecular flexibility index (Phi) is 5.13. The molecule has 1 unspecified atom stereocenters. The average Bonchev–Trinajstić information content (AvgIpc) is 2.27. The molecule has 0 spiro atoms. The third kappa shape index (κ3) is 4.87. The van der Waals surface area contributed by atoms with Crippen LogP contribution in [0.5, 0.6) is 0 Å². The van der Waals surface area contributed by atoms with Gasteiger partial charge in [0.25, 0.3) is 0 Å².